The lowest BCUT2D eigenvalue weighted by molar-refractivity contribution is -0.144. The van der Waals surface area contributed by atoms with Crippen molar-refractivity contribution in [1.82, 2.24) is 9.97 Å². The Labute approximate surface area is 204 Å². The second-order valence-electron chi connectivity index (χ2n) is 8.00. The van der Waals surface area contributed by atoms with Crippen LogP contribution in [0.3, 0.4) is 0 Å². The van der Waals surface area contributed by atoms with Gasteiger partial charge in [0.05, 0.1) is 33.3 Å². The number of hydrogen-bond acceptors (Lipinski definition) is 2. The standard InChI is InChI=1S/C24H10F12N2/c25-21(26,27)13-5-11(6-14(9-13)22(28,29)30)17-1-2-18(20-19(17)37-3-4-38-20)12-7-15(23(31,32)33)10-16(8-12)24(34,35)36/h1-10H. The number of aromatic nitrogens is 2. The molecule has 0 aliphatic rings. The molecular formula is C24H10F12N2. The van der Waals surface area contributed by atoms with Gasteiger partial charge in [0.1, 0.15) is 0 Å². The highest BCUT2D eigenvalue weighted by atomic mass is 19.4. The summed E-state index contributed by atoms with van der Waals surface area (Å²) in [5.74, 6) is 0. The summed E-state index contributed by atoms with van der Waals surface area (Å²) < 4.78 is 160. The molecule has 0 aliphatic carbocycles. The Morgan fingerprint density at radius 3 is 0.895 bits per heavy atom. The van der Waals surface area contributed by atoms with Crippen LogP contribution in [0.25, 0.3) is 33.3 Å². The summed E-state index contributed by atoms with van der Waals surface area (Å²) in [4.78, 5) is 7.80. The Morgan fingerprint density at radius 1 is 0.395 bits per heavy atom. The van der Waals surface area contributed by atoms with Crippen LogP contribution in [0.5, 0.6) is 0 Å². The van der Waals surface area contributed by atoms with Crippen LogP contribution in [0.15, 0.2) is 60.9 Å². The molecule has 0 N–H and O–H groups in total. The van der Waals surface area contributed by atoms with E-state index in [-0.39, 0.29) is 34.3 Å². The number of fused-ring (bicyclic) bond motifs is 1. The van der Waals surface area contributed by atoms with Gasteiger partial charge in [-0.1, -0.05) is 12.1 Å². The summed E-state index contributed by atoms with van der Waals surface area (Å²) in [7, 11) is 0. The average molecular weight is 554 g/mol. The fourth-order valence-electron chi connectivity index (χ4n) is 3.74. The third-order valence-corrected chi connectivity index (χ3v) is 5.42. The average Bonchev–Trinajstić information content (AvgIpc) is 2.80. The molecule has 0 bridgehead atoms. The molecule has 2 nitrogen and oxygen atoms in total. The first-order chi connectivity index (χ1) is 17.4. The number of alkyl halides is 12. The molecule has 3 aromatic carbocycles. The first-order valence-electron chi connectivity index (χ1n) is 10.2. The first kappa shape index (κ1) is 27.2. The lowest BCUT2D eigenvalue weighted by atomic mass is 9.93. The second kappa shape index (κ2) is 8.88. The molecule has 0 fully saturated rings. The molecule has 0 saturated carbocycles. The Morgan fingerprint density at radius 2 is 0.658 bits per heavy atom. The predicted molar refractivity (Wildman–Crippen MR) is 110 cm³/mol. The van der Waals surface area contributed by atoms with Crippen molar-refractivity contribution in [3.63, 3.8) is 0 Å². The molecule has 0 spiro atoms. The summed E-state index contributed by atoms with van der Waals surface area (Å²) in [5, 5.41) is 0. The van der Waals surface area contributed by atoms with Gasteiger partial charge in [-0.25, -0.2) is 0 Å². The highest BCUT2D eigenvalue weighted by Crippen LogP contribution is 2.43. The maximum atomic E-state index is 13.3. The van der Waals surface area contributed by atoms with E-state index < -0.39 is 58.1 Å². The van der Waals surface area contributed by atoms with Crippen molar-refractivity contribution in [2.24, 2.45) is 0 Å². The van der Waals surface area contributed by atoms with Crippen LogP contribution in [0, 0.1) is 0 Å². The van der Waals surface area contributed by atoms with Gasteiger partial charge in [-0.2, -0.15) is 52.7 Å². The van der Waals surface area contributed by atoms with E-state index in [4.69, 9.17) is 0 Å². The van der Waals surface area contributed by atoms with Crippen LogP contribution < -0.4 is 0 Å². The van der Waals surface area contributed by atoms with Gasteiger partial charge >= 0.3 is 24.7 Å². The maximum Gasteiger partial charge on any atom is 0.416 e. The fourth-order valence-corrected chi connectivity index (χ4v) is 3.74. The SMILES string of the molecule is FC(F)(F)c1cc(-c2ccc(-c3cc(C(F)(F)F)cc(C(F)(F)F)c3)c3nccnc23)cc(C(F)(F)F)c1. The zero-order valence-electron chi connectivity index (χ0n) is 18.2. The van der Waals surface area contributed by atoms with Crippen molar-refractivity contribution in [2.75, 3.05) is 0 Å². The zero-order chi connectivity index (χ0) is 28.3. The summed E-state index contributed by atoms with van der Waals surface area (Å²) in [6.45, 7) is 0. The van der Waals surface area contributed by atoms with Gasteiger partial charge in [-0.05, 0) is 47.5 Å². The Bertz CT molecular complexity index is 1330. The first-order valence-corrected chi connectivity index (χ1v) is 10.2. The van der Waals surface area contributed by atoms with Crippen molar-refractivity contribution in [3.8, 4) is 22.3 Å². The van der Waals surface area contributed by atoms with E-state index in [0.717, 1.165) is 24.5 Å². The van der Waals surface area contributed by atoms with E-state index in [1.165, 1.54) is 0 Å². The minimum absolute atomic E-state index is 0.0902. The molecule has 0 atom stereocenters. The van der Waals surface area contributed by atoms with Crippen LogP contribution in [-0.4, -0.2) is 9.97 Å². The van der Waals surface area contributed by atoms with Gasteiger partial charge in [-0.15, -0.1) is 0 Å². The Kier molecular flexibility index (Phi) is 6.35. The molecule has 200 valence electrons. The molecule has 38 heavy (non-hydrogen) atoms. The largest absolute Gasteiger partial charge is 0.416 e. The van der Waals surface area contributed by atoms with Gasteiger partial charge in [-0.3, -0.25) is 9.97 Å². The van der Waals surface area contributed by atoms with Gasteiger partial charge in [0.25, 0.3) is 0 Å². The molecule has 0 saturated heterocycles. The predicted octanol–water partition coefficient (Wildman–Crippen LogP) is 9.04. The van der Waals surface area contributed by atoms with E-state index >= 15 is 0 Å². The number of halogens is 12. The molecule has 0 radical (unpaired) electrons. The van der Waals surface area contributed by atoms with Crippen molar-refractivity contribution >= 4 is 11.0 Å². The van der Waals surface area contributed by atoms with E-state index in [9.17, 15) is 52.7 Å². The zero-order valence-corrected chi connectivity index (χ0v) is 18.2. The third-order valence-electron chi connectivity index (χ3n) is 5.42. The number of rotatable bonds is 2. The fraction of sp³-hybridized carbons (Fsp3) is 0.167. The summed E-state index contributed by atoms with van der Waals surface area (Å²) in [5.41, 5.74) is -9.01. The molecular weight excluding hydrogens is 544 g/mol. The molecule has 0 unspecified atom stereocenters. The summed E-state index contributed by atoms with van der Waals surface area (Å²) in [6.07, 6.45) is -18.6. The molecule has 4 rings (SSSR count). The maximum absolute atomic E-state index is 13.3. The highest BCUT2D eigenvalue weighted by Gasteiger charge is 2.38. The lowest BCUT2D eigenvalue weighted by Gasteiger charge is -2.17. The van der Waals surface area contributed by atoms with Crippen molar-refractivity contribution in [1.29, 1.82) is 0 Å². The van der Waals surface area contributed by atoms with Crippen molar-refractivity contribution in [3.05, 3.63) is 83.2 Å². The Hall–Kier alpha value is -3.84. The smallest absolute Gasteiger partial charge is 0.252 e. The van der Waals surface area contributed by atoms with Gasteiger partial charge in [0.15, 0.2) is 0 Å². The molecule has 1 aromatic heterocycles. The van der Waals surface area contributed by atoms with E-state index in [1.807, 2.05) is 0 Å². The van der Waals surface area contributed by atoms with Crippen LogP contribution in [0.4, 0.5) is 52.7 Å². The van der Waals surface area contributed by atoms with Gasteiger partial charge in [0.2, 0.25) is 0 Å². The van der Waals surface area contributed by atoms with Crippen LogP contribution in [-0.2, 0) is 24.7 Å². The van der Waals surface area contributed by atoms with Crippen molar-refractivity contribution in [2.45, 2.75) is 24.7 Å². The summed E-state index contributed by atoms with van der Waals surface area (Å²) >= 11 is 0. The lowest BCUT2D eigenvalue weighted by Crippen LogP contribution is -2.11. The van der Waals surface area contributed by atoms with E-state index in [0.29, 0.717) is 24.3 Å². The Balaban J connectivity index is 2.01. The van der Waals surface area contributed by atoms with Crippen LogP contribution >= 0.6 is 0 Å². The highest BCUT2D eigenvalue weighted by molar-refractivity contribution is 6.00. The molecule has 1 heterocycles. The normalized spacial score (nSPS) is 13.3. The molecule has 4 aromatic rings. The van der Waals surface area contributed by atoms with E-state index in [2.05, 4.69) is 9.97 Å². The third kappa shape index (κ3) is 5.38. The van der Waals surface area contributed by atoms with Crippen molar-refractivity contribution < 1.29 is 52.7 Å². The topological polar surface area (TPSA) is 25.8 Å². The monoisotopic (exact) mass is 554 g/mol. The van der Waals surface area contributed by atoms with Crippen LogP contribution in [0.2, 0.25) is 0 Å². The quantitative estimate of drug-likeness (QED) is 0.231. The molecule has 14 heteroatoms. The second-order valence-corrected chi connectivity index (χ2v) is 8.00. The molecule has 0 amide bonds. The van der Waals surface area contributed by atoms with Crippen LogP contribution in [0.1, 0.15) is 22.3 Å². The number of hydrogen-bond donors (Lipinski definition) is 0. The number of benzene rings is 3. The summed E-state index contributed by atoms with van der Waals surface area (Å²) in [6, 6.07) is 3.41. The minimum atomic E-state index is -5.16. The number of nitrogens with zero attached hydrogens (tertiary/aromatic N) is 2. The van der Waals surface area contributed by atoms with E-state index in [1.54, 1.807) is 0 Å². The van der Waals surface area contributed by atoms with Gasteiger partial charge in [0, 0.05) is 23.5 Å². The minimum Gasteiger partial charge on any atom is -0.252 e. The van der Waals surface area contributed by atoms with Gasteiger partial charge < -0.3 is 0 Å². The molecule has 0 aliphatic heterocycles.